The van der Waals surface area contributed by atoms with Crippen molar-refractivity contribution in [3.8, 4) is 11.4 Å². The number of esters is 1. The lowest BCUT2D eigenvalue weighted by Gasteiger charge is -2.09. The standard InChI is InChI=1S/C18H18F2N2O2/c1-3-15-14(18(23)24-10-9-12(2)16(19)20)11-21-17(22-15)13-7-5-4-6-8-13/h4-8,11H,3,9-10H2,1-2H3. The normalized spacial score (nSPS) is 10.3. The largest absolute Gasteiger partial charge is 0.462 e. The second kappa shape index (κ2) is 8.29. The molecule has 0 aliphatic heterocycles. The van der Waals surface area contributed by atoms with E-state index in [-0.39, 0.29) is 24.2 Å². The number of aromatic nitrogens is 2. The number of rotatable bonds is 6. The molecule has 1 heterocycles. The summed E-state index contributed by atoms with van der Waals surface area (Å²) in [7, 11) is 0. The third-order valence-corrected chi connectivity index (χ3v) is 3.49. The Kier molecular flexibility index (Phi) is 6.12. The van der Waals surface area contributed by atoms with Gasteiger partial charge in [-0.2, -0.15) is 8.78 Å². The highest BCUT2D eigenvalue weighted by Crippen LogP contribution is 2.17. The zero-order chi connectivity index (χ0) is 17.5. The monoisotopic (exact) mass is 332 g/mol. The van der Waals surface area contributed by atoms with Gasteiger partial charge >= 0.3 is 5.97 Å². The van der Waals surface area contributed by atoms with Gasteiger partial charge in [-0.05, 0) is 18.9 Å². The summed E-state index contributed by atoms with van der Waals surface area (Å²) in [5.74, 6) is -0.0687. The average Bonchev–Trinajstić information content (AvgIpc) is 2.61. The fourth-order valence-corrected chi connectivity index (χ4v) is 2.05. The fourth-order valence-electron chi connectivity index (χ4n) is 2.05. The molecule has 0 amide bonds. The Labute approximate surface area is 139 Å². The molecule has 0 unspecified atom stereocenters. The Morgan fingerprint density at radius 3 is 2.54 bits per heavy atom. The van der Waals surface area contributed by atoms with E-state index in [9.17, 15) is 13.6 Å². The molecule has 0 spiro atoms. The summed E-state index contributed by atoms with van der Waals surface area (Å²) in [6.45, 7) is 3.07. The van der Waals surface area contributed by atoms with Gasteiger partial charge in [0.25, 0.3) is 6.08 Å². The lowest BCUT2D eigenvalue weighted by atomic mass is 10.1. The van der Waals surface area contributed by atoms with Crippen LogP contribution in [0.1, 0.15) is 36.3 Å². The number of hydrogen-bond donors (Lipinski definition) is 0. The van der Waals surface area contributed by atoms with E-state index < -0.39 is 12.0 Å². The molecule has 0 aliphatic rings. The molecule has 1 aromatic heterocycles. The maximum atomic E-state index is 12.3. The van der Waals surface area contributed by atoms with Gasteiger partial charge in [0, 0.05) is 18.2 Å². The molecule has 1 aromatic carbocycles. The molecule has 24 heavy (non-hydrogen) atoms. The molecule has 6 heteroatoms. The minimum atomic E-state index is -1.74. The van der Waals surface area contributed by atoms with Crippen molar-refractivity contribution < 1.29 is 18.3 Å². The van der Waals surface area contributed by atoms with Crippen LogP contribution in [-0.2, 0) is 11.2 Å². The maximum absolute atomic E-state index is 12.3. The van der Waals surface area contributed by atoms with E-state index in [1.807, 2.05) is 37.3 Å². The molecule has 0 saturated heterocycles. The van der Waals surface area contributed by atoms with Crippen molar-refractivity contribution in [3.63, 3.8) is 0 Å². The highest BCUT2D eigenvalue weighted by Gasteiger charge is 2.16. The van der Waals surface area contributed by atoms with Crippen molar-refractivity contribution in [1.82, 2.24) is 9.97 Å². The number of hydrogen-bond acceptors (Lipinski definition) is 4. The highest BCUT2D eigenvalue weighted by molar-refractivity contribution is 5.90. The van der Waals surface area contributed by atoms with Crippen molar-refractivity contribution in [3.05, 3.63) is 59.4 Å². The summed E-state index contributed by atoms with van der Waals surface area (Å²) >= 11 is 0. The Morgan fingerprint density at radius 2 is 1.92 bits per heavy atom. The number of benzene rings is 1. The molecule has 2 aromatic rings. The Bertz CT molecular complexity index is 742. The van der Waals surface area contributed by atoms with Crippen LogP contribution >= 0.6 is 0 Å². The minimum absolute atomic E-state index is 0.00150. The van der Waals surface area contributed by atoms with Crippen molar-refractivity contribution >= 4 is 5.97 Å². The molecule has 126 valence electrons. The Hall–Kier alpha value is -2.63. The van der Waals surface area contributed by atoms with E-state index in [1.54, 1.807) is 0 Å². The molecule has 0 fully saturated rings. The maximum Gasteiger partial charge on any atom is 0.341 e. The van der Waals surface area contributed by atoms with Crippen LogP contribution in [-0.4, -0.2) is 22.5 Å². The van der Waals surface area contributed by atoms with Crippen molar-refractivity contribution in [2.45, 2.75) is 26.7 Å². The molecule has 0 atom stereocenters. The summed E-state index contributed by atoms with van der Waals surface area (Å²) in [6.07, 6.45) is 0.217. The molecular formula is C18H18F2N2O2. The van der Waals surface area contributed by atoms with Gasteiger partial charge in [0.05, 0.1) is 17.9 Å². The Morgan fingerprint density at radius 1 is 1.21 bits per heavy atom. The predicted molar refractivity (Wildman–Crippen MR) is 86.7 cm³/mol. The van der Waals surface area contributed by atoms with Gasteiger partial charge in [0.15, 0.2) is 5.82 Å². The number of carbonyl (C=O) groups is 1. The quantitative estimate of drug-likeness (QED) is 0.735. The van der Waals surface area contributed by atoms with Crippen LogP contribution in [0.25, 0.3) is 11.4 Å². The van der Waals surface area contributed by atoms with Crippen LogP contribution in [0.15, 0.2) is 48.2 Å². The van der Waals surface area contributed by atoms with Gasteiger partial charge in [0.2, 0.25) is 0 Å². The first-order valence-electron chi connectivity index (χ1n) is 7.62. The average molecular weight is 332 g/mol. The molecule has 0 bridgehead atoms. The number of ether oxygens (including phenoxy) is 1. The molecule has 0 aliphatic carbocycles. The molecule has 2 rings (SSSR count). The Balaban J connectivity index is 2.13. The predicted octanol–water partition coefficient (Wildman–Crippen LogP) is 4.42. The van der Waals surface area contributed by atoms with Crippen molar-refractivity contribution in [2.75, 3.05) is 6.61 Å². The second-order valence-electron chi connectivity index (χ2n) is 5.20. The number of aryl methyl sites for hydroxylation is 1. The first-order valence-corrected chi connectivity index (χ1v) is 7.62. The van der Waals surface area contributed by atoms with Crippen LogP contribution in [0.2, 0.25) is 0 Å². The third-order valence-electron chi connectivity index (χ3n) is 3.49. The first kappa shape index (κ1) is 17.7. The van der Waals surface area contributed by atoms with Gasteiger partial charge in [-0.3, -0.25) is 0 Å². The van der Waals surface area contributed by atoms with Gasteiger partial charge in [-0.1, -0.05) is 37.3 Å². The highest BCUT2D eigenvalue weighted by atomic mass is 19.3. The summed E-state index contributed by atoms with van der Waals surface area (Å²) in [5, 5.41) is 0. The second-order valence-corrected chi connectivity index (χ2v) is 5.20. The van der Waals surface area contributed by atoms with Gasteiger partial charge < -0.3 is 4.74 Å². The van der Waals surface area contributed by atoms with E-state index in [0.717, 1.165) is 5.56 Å². The van der Waals surface area contributed by atoms with E-state index in [1.165, 1.54) is 13.1 Å². The van der Waals surface area contributed by atoms with Crippen LogP contribution < -0.4 is 0 Å². The lowest BCUT2D eigenvalue weighted by molar-refractivity contribution is 0.0505. The molecule has 0 saturated carbocycles. The van der Waals surface area contributed by atoms with Crippen LogP contribution in [0.5, 0.6) is 0 Å². The van der Waals surface area contributed by atoms with Crippen LogP contribution in [0, 0.1) is 0 Å². The summed E-state index contributed by atoms with van der Waals surface area (Å²) in [5.41, 5.74) is 1.60. The first-order chi connectivity index (χ1) is 11.5. The van der Waals surface area contributed by atoms with Crippen molar-refractivity contribution in [2.24, 2.45) is 0 Å². The zero-order valence-electron chi connectivity index (χ0n) is 13.6. The lowest BCUT2D eigenvalue weighted by Crippen LogP contribution is -2.12. The molecule has 4 nitrogen and oxygen atoms in total. The molecule has 0 radical (unpaired) electrons. The third kappa shape index (κ3) is 4.44. The van der Waals surface area contributed by atoms with Gasteiger partial charge in [-0.25, -0.2) is 14.8 Å². The van der Waals surface area contributed by atoms with E-state index in [2.05, 4.69) is 9.97 Å². The van der Waals surface area contributed by atoms with Gasteiger partial charge in [-0.15, -0.1) is 0 Å². The van der Waals surface area contributed by atoms with E-state index in [0.29, 0.717) is 17.9 Å². The van der Waals surface area contributed by atoms with E-state index in [4.69, 9.17) is 4.74 Å². The fraction of sp³-hybridized carbons (Fsp3) is 0.278. The van der Waals surface area contributed by atoms with Gasteiger partial charge in [0.1, 0.15) is 0 Å². The molecule has 0 N–H and O–H groups in total. The summed E-state index contributed by atoms with van der Waals surface area (Å²) < 4.78 is 29.7. The SMILES string of the molecule is CCc1nc(-c2ccccc2)ncc1C(=O)OCCC(C)=C(F)F. The van der Waals surface area contributed by atoms with Crippen LogP contribution in [0.3, 0.4) is 0 Å². The molecular weight excluding hydrogens is 314 g/mol. The number of carbonyl (C=O) groups excluding carboxylic acids is 1. The number of halogens is 2. The summed E-state index contributed by atoms with van der Waals surface area (Å²) in [4.78, 5) is 20.7. The topological polar surface area (TPSA) is 52.1 Å². The number of nitrogens with zero attached hydrogens (tertiary/aromatic N) is 2. The minimum Gasteiger partial charge on any atom is -0.462 e. The smallest absolute Gasteiger partial charge is 0.341 e. The van der Waals surface area contributed by atoms with Crippen molar-refractivity contribution in [1.29, 1.82) is 0 Å². The van der Waals surface area contributed by atoms with Crippen LogP contribution in [0.4, 0.5) is 8.78 Å². The van der Waals surface area contributed by atoms with E-state index >= 15 is 0 Å². The summed E-state index contributed by atoms with van der Waals surface area (Å²) in [6, 6.07) is 9.42. The zero-order valence-corrected chi connectivity index (χ0v) is 13.6.